The normalized spacial score (nSPS) is 12.5. The van der Waals surface area contributed by atoms with Gasteiger partial charge in [0, 0.05) is 44.4 Å². The van der Waals surface area contributed by atoms with E-state index in [4.69, 9.17) is 14.7 Å². The predicted octanol–water partition coefficient (Wildman–Crippen LogP) is 4.25. The molecule has 0 amide bonds. The van der Waals surface area contributed by atoms with Crippen LogP contribution < -0.4 is 20.5 Å². The van der Waals surface area contributed by atoms with E-state index < -0.39 is 0 Å². The maximum absolute atomic E-state index is 13.0. The Hall–Kier alpha value is -2.26. The lowest BCUT2D eigenvalue weighted by atomic mass is 9.98. The maximum Gasteiger partial charge on any atom is 0.260 e. The van der Waals surface area contributed by atoms with Gasteiger partial charge in [-0.05, 0) is 43.3 Å². The van der Waals surface area contributed by atoms with Crippen molar-refractivity contribution in [3.63, 3.8) is 0 Å². The summed E-state index contributed by atoms with van der Waals surface area (Å²) in [7, 11) is 5.75. The molecule has 11 heteroatoms. The van der Waals surface area contributed by atoms with E-state index in [1.807, 2.05) is 18.2 Å². The molecule has 0 spiro atoms. The molecule has 0 aliphatic carbocycles. The molecule has 35 heavy (non-hydrogen) atoms. The van der Waals surface area contributed by atoms with Gasteiger partial charge in [-0.25, -0.2) is 9.97 Å². The molecule has 0 fully saturated rings. The second-order valence-corrected chi connectivity index (χ2v) is 8.86. The molecule has 0 saturated heterocycles. The van der Waals surface area contributed by atoms with Crippen molar-refractivity contribution >= 4 is 59.9 Å². The number of fused-ring (bicyclic) bond motifs is 2. The summed E-state index contributed by atoms with van der Waals surface area (Å²) >= 11 is 0. The van der Waals surface area contributed by atoms with E-state index in [0.29, 0.717) is 29.1 Å². The van der Waals surface area contributed by atoms with Gasteiger partial charge in [0.1, 0.15) is 11.6 Å². The van der Waals surface area contributed by atoms with Crippen molar-refractivity contribution < 1.29 is 4.74 Å². The third kappa shape index (κ3) is 6.91. The number of hydrogen-bond acceptors (Lipinski definition) is 7. The average Bonchev–Trinajstić information content (AvgIpc) is 2.77. The smallest absolute Gasteiger partial charge is 0.260 e. The first-order valence-corrected chi connectivity index (χ1v) is 11.1. The highest BCUT2D eigenvalue weighted by Gasteiger charge is 2.21. The first-order valence-electron chi connectivity index (χ1n) is 11.1. The second-order valence-electron chi connectivity index (χ2n) is 8.86. The van der Waals surface area contributed by atoms with E-state index in [-0.39, 0.29) is 48.7 Å². The van der Waals surface area contributed by atoms with Gasteiger partial charge in [-0.2, -0.15) is 0 Å². The summed E-state index contributed by atoms with van der Waals surface area (Å²) in [6, 6.07) is 7.90. The van der Waals surface area contributed by atoms with Crippen LogP contribution in [0.15, 0.2) is 29.1 Å². The van der Waals surface area contributed by atoms with Crippen LogP contribution in [0, 0.1) is 0 Å². The molecule has 0 radical (unpaired) electrons. The summed E-state index contributed by atoms with van der Waals surface area (Å²) in [5.41, 5.74) is 3.76. The van der Waals surface area contributed by atoms with Crippen molar-refractivity contribution in [2.45, 2.75) is 32.7 Å². The molecule has 0 atom stereocenters. The third-order valence-electron chi connectivity index (χ3n) is 5.87. The molecule has 3 aromatic rings. The van der Waals surface area contributed by atoms with Crippen LogP contribution in [0.1, 0.15) is 36.6 Å². The van der Waals surface area contributed by atoms with E-state index in [1.165, 1.54) is 0 Å². The lowest BCUT2D eigenvalue weighted by molar-refractivity contribution is 0.414. The van der Waals surface area contributed by atoms with Crippen molar-refractivity contribution in [2.24, 2.45) is 0 Å². The fourth-order valence-electron chi connectivity index (χ4n) is 4.09. The topological polar surface area (TPSA) is 86.4 Å². The Kier molecular flexibility index (Phi) is 11.6. The van der Waals surface area contributed by atoms with Gasteiger partial charge in [-0.15, -0.1) is 37.2 Å². The quantitative estimate of drug-likeness (QED) is 0.459. The van der Waals surface area contributed by atoms with Crippen LogP contribution in [-0.2, 0) is 13.0 Å². The summed E-state index contributed by atoms with van der Waals surface area (Å²) in [5, 5.41) is 4.02. The number of methoxy groups -OCH3 is 1. The minimum Gasteiger partial charge on any atom is -0.497 e. The number of ether oxygens (including phenoxy) is 1. The molecular formula is C24H35Cl3N6O2. The van der Waals surface area contributed by atoms with E-state index in [2.05, 4.69) is 54.1 Å². The molecule has 3 heterocycles. The SMILES string of the molecule is COc1cc(C(C)C)c2c(=O)[nH]c(N3CCc4nc(NCCN(C)C)ccc4C3)nc2c1.Cl.Cl.Cl. The molecule has 1 aliphatic rings. The van der Waals surface area contributed by atoms with Gasteiger partial charge in [0.25, 0.3) is 5.56 Å². The Balaban J connectivity index is 0.00000204. The van der Waals surface area contributed by atoms with Crippen molar-refractivity contribution in [3.8, 4) is 5.75 Å². The average molecular weight is 546 g/mol. The van der Waals surface area contributed by atoms with Crippen LogP contribution in [0.5, 0.6) is 5.75 Å². The molecule has 8 nitrogen and oxygen atoms in total. The van der Waals surface area contributed by atoms with Gasteiger partial charge in [0.15, 0.2) is 0 Å². The Morgan fingerprint density at radius 3 is 2.57 bits per heavy atom. The van der Waals surface area contributed by atoms with Crippen LogP contribution in [0.3, 0.4) is 0 Å². The second kappa shape index (κ2) is 13.2. The largest absolute Gasteiger partial charge is 0.497 e. The van der Waals surface area contributed by atoms with Gasteiger partial charge >= 0.3 is 0 Å². The molecule has 0 saturated carbocycles. The molecule has 194 valence electrons. The van der Waals surface area contributed by atoms with Gasteiger partial charge in [0.05, 0.1) is 18.0 Å². The standard InChI is InChI=1S/C24H32N6O2.3ClH/c1-15(2)18-12-17(32-5)13-20-22(18)23(31)28-24(27-20)30-10-8-19-16(14-30)6-7-21(26-19)25-9-11-29(3)4;;;/h6-7,12-13,15H,8-11,14H2,1-5H3,(H,25,26)(H,27,28,31);3*1H. The number of halogens is 3. The molecule has 4 rings (SSSR count). The number of rotatable bonds is 7. The lowest BCUT2D eigenvalue weighted by Crippen LogP contribution is -2.34. The Morgan fingerprint density at radius 1 is 1.17 bits per heavy atom. The molecule has 1 aliphatic heterocycles. The van der Waals surface area contributed by atoms with Gasteiger partial charge in [0.2, 0.25) is 5.95 Å². The van der Waals surface area contributed by atoms with Gasteiger partial charge in [-0.1, -0.05) is 19.9 Å². The van der Waals surface area contributed by atoms with Crippen LogP contribution in [0.4, 0.5) is 11.8 Å². The van der Waals surface area contributed by atoms with Gasteiger partial charge < -0.3 is 19.9 Å². The summed E-state index contributed by atoms with van der Waals surface area (Å²) in [4.78, 5) is 29.9. The fraction of sp³-hybridized carbons (Fsp3) is 0.458. The molecule has 2 N–H and O–H groups in total. The summed E-state index contributed by atoms with van der Waals surface area (Å²) in [5.74, 6) is 2.40. The van der Waals surface area contributed by atoms with Crippen LogP contribution in [-0.4, -0.2) is 60.7 Å². The minimum atomic E-state index is -0.110. The number of nitrogens with one attached hydrogen (secondary N) is 2. The Morgan fingerprint density at radius 2 is 1.91 bits per heavy atom. The van der Waals surface area contributed by atoms with E-state index >= 15 is 0 Å². The first kappa shape index (κ1) is 30.8. The van der Waals surface area contributed by atoms with E-state index in [0.717, 1.165) is 48.7 Å². The molecule has 0 bridgehead atoms. The minimum absolute atomic E-state index is 0. The number of likely N-dealkylation sites (N-methyl/N-ethyl adjacent to an activating group) is 1. The van der Waals surface area contributed by atoms with Crippen molar-refractivity contribution in [3.05, 3.63) is 51.4 Å². The van der Waals surface area contributed by atoms with E-state index in [9.17, 15) is 4.79 Å². The number of benzene rings is 1. The zero-order valence-electron chi connectivity index (χ0n) is 20.8. The number of H-pyrrole nitrogens is 1. The molecule has 1 aromatic carbocycles. The third-order valence-corrected chi connectivity index (χ3v) is 5.87. The highest BCUT2D eigenvalue weighted by Crippen LogP contribution is 2.29. The van der Waals surface area contributed by atoms with Crippen molar-refractivity contribution in [2.75, 3.05) is 51.1 Å². The van der Waals surface area contributed by atoms with Crippen molar-refractivity contribution in [1.82, 2.24) is 19.9 Å². The van der Waals surface area contributed by atoms with Crippen molar-refractivity contribution in [1.29, 1.82) is 0 Å². The number of aromatic nitrogens is 3. The first-order chi connectivity index (χ1) is 15.4. The lowest BCUT2D eigenvalue weighted by Gasteiger charge is -2.29. The van der Waals surface area contributed by atoms with Crippen LogP contribution in [0.2, 0.25) is 0 Å². The Labute approximate surface area is 225 Å². The molecule has 0 unspecified atom stereocenters. The monoisotopic (exact) mass is 544 g/mol. The summed E-state index contributed by atoms with van der Waals surface area (Å²) in [6.45, 7) is 7.36. The highest BCUT2D eigenvalue weighted by atomic mass is 35.5. The maximum atomic E-state index is 13.0. The fourth-order valence-corrected chi connectivity index (χ4v) is 4.09. The van der Waals surface area contributed by atoms with Gasteiger partial charge in [-0.3, -0.25) is 9.78 Å². The zero-order chi connectivity index (χ0) is 22.8. The summed E-state index contributed by atoms with van der Waals surface area (Å²) in [6.07, 6.45) is 0.801. The van der Waals surface area contributed by atoms with Crippen LogP contribution in [0.25, 0.3) is 10.9 Å². The molecular weight excluding hydrogens is 511 g/mol. The number of aromatic amines is 1. The predicted molar refractivity (Wildman–Crippen MR) is 151 cm³/mol. The van der Waals surface area contributed by atoms with E-state index in [1.54, 1.807) is 7.11 Å². The zero-order valence-corrected chi connectivity index (χ0v) is 23.2. The molecule has 2 aromatic heterocycles. The highest BCUT2D eigenvalue weighted by molar-refractivity contribution is 5.86. The number of pyridine rings is 1. The Bertz CT molecular complexity index is 1190. The number of anilines is 2. The summed E-state index contributed by atoms with van der Waals surface area (Å²) < 4.78 is 5.45. The number of hydrogen-bond donors (Lipinski definition) is 2. The van der Waals surface area contributed by atoms with Crippen LogP contribution >= 0.6 is 37.2 Å². The number of nitrogens with zero attached hydrogens (tertiary/aromatic N) is 4.